The first-order valence-electron chi connectivity index (χ1n) is 5.00. The summed E-state index contributed by atoms with van der Waals surface area (Å²) in [7, 11) is 0. The van der Waals surface area contributed by atoms with Crippen molar-refractivity contribution >= 4 is 33.4 Å². The van der Waals surface area contributed by atoms with Crippen LogP contribution < -0.4 is 5.32 Å². The Balaban J connectivity index is 2.84. The second-order valence-electron chi connectivity index (χ2n) is 3.86. The predicted molar refractivity (Wildman–Crippen MR) is 69.2 cm³/mol. The van der Waals surface area contributed by atoms with E-state index in [2.05, 4.69) is 26.2 Å². The third kappa shape index (κ3) is 3.19. The zero-order valence-electron chi connectivity index (χ0n) is 9.26. The Kier molecular flexibility index (Phi) is 4.74. The van der Waals surface area contributed by atoms with E-state index in [0.29, 0.717) is 15.9 Å². The third-order valence-electron chi connectivity index (χ3n) is 2.51. The van der Waals surface area contributed by atoms with Gasteiger partial charge < -0.3 is 5.32 Å². The molecule has 0 aliphatic rings. The average Bonchev–Trinajstić information content (AvgIpc) is 2.29. The molecule has 0 saturated carbocycles. The second kappa shape index (κ2) is 5.64. The van der Waals surface area contributed by atoms with E-state index in [1.165, 1.54) is 6.20 Å². The van der Waals surface area contributed by atoms with Crippen molar-refractivity contribution in [3.8, 4) is 0 Å². The number of carbonyl (C=O) groups excluding carboxylic acids is 1. The molecule has 1 amide bonds. The van der Waals surface area contributed by atoms with Crippen molar-refractivity contribution in [2.24, 2.45) is 0 Å². The molecule has 0 aliphatic heterocycles. The molecule has 88 valence electrons. The minimum atomic E-state index is -0.260. The van der Waals surface area contributed by atoms with Crippen LogP contribution in [-0.4, -0.2) is 21.8 Å². The molecule has 0 spiro atoms. The lowest BCUT2D eigenvalue weighted by Gasteiger charge is -2.27. The number of nitrogens with zero attached hydrogens (tertiary/aromatic N) is 1. The minimum Gasteiger partial charge on any atom is -0.346 e. The number of hydrogen-bond acceptors (Lipinski definition) is 2. The summed E-state index contributed by atoms with van der Waals surface area (Å²) in [5, 5.41) is 4.02. The van der Waals surface area contributed by atoms with Gasteiger partial charge in [-0.05, 0) is 19.4 Å². The molecule has 1 aromatic heterocycles. The van der Waals surface area contributed by atoms with Gasteiger partial charge in [0.05, 0.1) is 10.6 Å². The van der Waals surface area contributed by atoms with Gasteiger partial charge in [0.15, 0.2) is 0 Å². The largest absolute Gasteiger partial charge is 0.346 e. The quantitative estimate of drug-likeness (QED) is 0.869. The second-order valence-corrected chi connectivity index (χ2v) is 4.83. The predicted octanol–water partition coefficient (Wildman–Crippen LogP) is 3.03. The van der Waals surface area contributed by atoms with Gasteiger partial charge in [-0.2, -0.15) is 0 Å². The Hall–Kier alpha value is -0.610. The molecule has 3 nitrogen and oxygen atoms in total. The van der Waals surface area contributed by atoms with Crippen LogP contribution in [-0.2, 0) is 0 Å². The molecule has 0 aliphatic carbocycles. The third-order valence-corrected chi connectivity index (χ3v) is 4.05. The fourth-order valence-corrected chi connectivity index (χ4v) is 1.86. The molecule has 0 bridgehead atoms. The highest BCUT2D eigenvalue weighted by Gasteiger charge is 2.24. The zero-order chi connectivity index (χ0) is 12.2. The van der Waals surface area contributed by atoms with Crippen LogP contribution in [0.2, 0.25) is 5.02 Å². The molecule has 1 heterocycles. The molecule has 0 radical (unpaired) electrons. The van der Waals surface area contributed by atoms with Gasteiger partial charge in [-0.15, -0.1) is 0 Å². The number of amides is 1. The summed E-state index contributed by atoms with van der Waals surface area (Å²) in [5.41, 5.74) is 0.196. The summed E-state index contributed by atoms with van der Waals surface area (Å²) in [5.74, 6) is -0.170. The molecule has 1 aromatic rings. The van der Waals surface area contributed by atoms with Crippen molar-refractivity contribution in [1.29, 1.82) is 0 Å². The lowest BCUT2D eigenvalue weighted by molar-refractivity contribution is 0.0913. The standard InChI is InChI=1S/C11H14BrClN2O/c1-3-11(2,7-12)15-10(16)8-4-5-14-6-9(8)13/h4-6H,3,7H2,1-2H3,(H,15,16). The zero-order valence-corrected chi connectivity index (χ0v) is 11.6. The van der Waals surface area contributed by atoms with E-state index in [-0.39, 0.29) is 11.4 Å². The first kappa shape index (κ1) is 13.5. The van der Waals surface area contributed by atoms with Crippen molar-refractivity contribution in [3.05, 3.63) is 29.0 Å². The van der Waals surface area contributed by atoms with Crippen LogP contribution in [0.15, 0.2) is 18.5 Å². The number of nitrogens with one attached hydrogen (secondary N) is 1. The van der Waals surface area contributed by atoms with E-state index in [0.717, 1.165) is 6.42 Å². The Morgan fingerprint density at radius 3 is 2.88 bits per heavy atom. The van der Waals surface area contributed by atoms with Crippen LogP contribution in [0.4, 0.5) is 0 Å². The lowest BCUT2D eigenvalue weighted by Crippen LogP contribution is -2.47. The van der Waals surface area contributed by atoms with Gasteiger partial charge in [-0.25, -0.2) is 0 Å². The maximum absolute atomic E-state index is 12.0. The van der Waals surface area contributed by atoms with Gasteiger partial charge in [0.25, 0.3) is 5.91 Å². The molecule has 0 aromatic carbocycles. The normalized spacial score (nSPS) is 14.2. The van der Waals surface area contributed by atoms with E-state index in [4.69, 9.17) is 11.6 Å². The fraction of sp³-hybridized carbons (Fsp3) is 0.455. The molecule has 1 atom stereocenters. The molecule has 0 fully saturated rings. The van der Waals surface area contributed by atoms with Crippen LogP contribution in [0.1, 0.15) is 30.6 Å². The Morgan fingerprint density at radius 2 is 2.38 bits per heavy atom. The van der Waals surface area contributed by atoms with Crippen LogP contribution in [0.5, 0.6) is 0 Å². The van der Waals surface area contributed by atoms with E-state index in [9.17, 15) is 4.79 Å². The van der Waals surface area contributed by atoms with Crippen molar-refractivity contribution in [2.75, 3.05) is 5.33 Å². The number of halogens is 2. The first-order valence-corrected chi connectivity index (χ1v) is 6.50. The van der Waals surface area contributed by atoms with E-state index < -0.39 is 0 Å². The summed E-state index contributed by atoms with van der Waals surface area (Å²) in [6.07, 6.45) is 3.86. The van der Waals surface area contributed by atoms with Crippen LogP contribution in [0, 0.1) is 0 Å². The van der Waals surface area contributed by atoms with Crippen molar-refractivity contribution in [3.63, 3.8) is 0 Å². The van der Waals surface area contributed by atoms with E-state index >= 15 is 0 Å². The van der Waals surface area contributed by atoms with Gasteiger partial charge in [-0.3, -0.25) is 9.78 Å². The van der Waals surface area contributed by atoms with E-state index in [1.54, 1.807) is 12.3 Å². The highest BCUT2D eigenvalue weighted by Crippen LogP contribution is 2.17. The Labute approximate surface area is 109 Å². The number of pyridine rings is 1. The molecular weight excluding hydrogens is 291 g/mol. The van der Waals surface area contributed by atoms with Gasteiger partial charge in [-0.1, -0.05) is 34.5 Å². The minimum absolute atomic E-state index is 0.170. The van der Waals surface area contributed by atoms with Gasteiger partial charge in [0.1, 0.15) is 0 Å². The maximum Gasteiger partial charge on any atom is 0.253 e. The molecular formula is C11H14BrClN2O. The lowest BCUT2D eigenvalue weighted by atomic mass is 10.0. The molecule has 16 heavy (non-hydrogen) atoms. The summed E-state index contributed by atoms with van der Waals surface area (Å²) >= 11 is 9.29. The highest BCUT2D eigenvalue weighted by atomic mass is 79.9. The van der Waals surface area contributed by atoms with Crippen LogP contribution in [0.25, 0.3) is 0 Å². The fourth-order valence-electron chi connectivity index (χ4n) is 1.12. The number of rotatable bonds is 4. The summed E-state index contributed by atoms with van der Waals surface area (Å²) < 4.78 is 0. The SMILES string of the molecule is CCC(C)(CBr)NC(=O)c1ccncc1Cl. The molecule has 1 N–H and O–H groups in total. The van der Waals surface area contributed by atoms with Crippen molar-refractivity contribution in [2.45, 2.75) is 25.8 Å². The van der Waals surface area contributed by atoms with Crippen LogP contribution in [0.3, 0.4) is 0 Å². The molecule has 1 unspecified atom stereocenters. The van der Waals surface area contributed by atoms with Gasteiger partial charge in [0.2, 0.25) is 0 Å². The smallest absolute Gasteiger partial charge is 0.253 e. The van der Waals surface area contributed by atoms with Crippen LogP contribution >= 0.6 is 27.5 Å². The van der Waals surface area contributed by atoms with Gasteiger partial charge >= 0.3 is 0 Å². The van der Waals surface area contributed by atoms with E-state index in [1.807, 2.05) is 13.8 Å². The van der Waals surface area contributed by atoms with Crippen molar-refractivity contribution in [1.82, 2.24) is 10.3 Å². The highest BCUT2D eigenvalue weighted by molar-refractivity contribution is 9.09. The maximum atomic E-state index is 12.0. The van der Waals surface area contributed by atoms with Crippen molar-refractivity contribution < 1.29 is 4.79 Å². The number of carbonyl (C=O) groups is 1. The average molecular weight is 306 g/mol. The number of alkyl halides is 1. The number of aromatic nitrogens is 1. The Bertz CT molecular complexity index is 380. The molecule has 0 saturated heterocycles. The topological polar surface area (TPSA) is 42.0 Å². The Morgan fingerprint density at radius 1 is 1.69 bits per heavy atom. The summed E-state index contributed by atoms with van der Waals surface area (Å²) in [6.45, 7) is 4.00. The molecule has 5 heteroatoms. The monoisotopic (exact) mass is 304 g/mol. The number of hydrogen-bond donors (Lipinski definition) is 1. The first-order chi connectivity index (χ1) is 7.52. The van der Waals surface area contributed by atoms with Gasteiger partial charge in [0, 0.05) is 23.3 Å². The summed E-state index contributed by atoms with van der Waals surface area (Å²) in [6, 6.07) is 1.61. The molecule has 1 rings (SSSR count). The summed E-state index contributed by atoms with van der Waals surface area (Å²) in [4.78, 5) is 15.8.